The van der Waals surface area contributed by atoms with Crippen LogP contribution < -0.4 is 15.1 Å². The molecule has 0 bridgehead atoms. The standard InChI is InChI=1S/C48H45N3/c1-35(2)43-26-15-18-30-47(43)51(48-31-19-16-27-44(48)36(3)4)42-33-38(49-46-29-17-14-28-45(46)37-20-8-5-9-21-37)32-41(34-42)50(39-22-10-6-11-23-39)40-24-12-7-13-25-40/h5-36,49H,1-4H3. The van der Waals surface area contributed by atoms with Gasteiger partial charge in [0.2, 0.25) is 0 Å². The lowest BCUT2D eigenvalue weighted by atomic mass is 9.96. The number of hydrogen-bond donors (Lipinski definition) is 1. The van der Waals surface area contributed by atoms with Crippen LogP contribution in [0.15, 0.2) is 182 Å². The van der Waals surface area contributed by atoms with E-state index in [9.17, 15) is 0 Å². The number of benzene rings is 7. The monoisotopic (exact) mass is 663 g/mol. The molecule has 0 radical (unpaired) electrons. The molecule has 252 valence electrons. The number of nitrogens with one attached hydrogen (secondary N) is 1. The molecule has 0 unspecified atom stereocenters. The van der Waals surface area contributed by atoms with Crippen LogP contribution in [0.25, 0.3) is 11.1 Å². The summed E-state index contributed by atoms with van der Waals surface area (Å²) in [7, 11) is 0. The number of nitrogens with zero attached hydrogens (tertiary/aromatic N) is 2. The van der Waals surface area contributed by atoms with Gasteiger partial charge in [0.05, 0.1) is 11.4 Å². The SMILES string of the molecule is CC(C)c1ccccc1N(c1cc(Nc2ccccc2-c2ccccc2)cc(N(c2ccccc2)c2ccccc2)c1)c1ccccc1C(C)C. The molecule has 7 rings (SSSR count). The van der Waals surface area contributed by atoms with Gasteiger partial charge in [-0.15, -0.1) is 0 Å². The topological polar surface area (TPSA) is 18.5 Å². The Kier molecular flexibility index (Phi) is 9.98. The van der Waals surface area contributed by atoms with Crippen LogP contribution in [-0.4, -0.2) is 0 Å². The summed E-state index contributed by atoms with van der Waals surface area (Å²) in [4.78, 5) is 4.81. The van der Waals surface area contributed by atoms with Crippen molar-refractivity contribution in [2.24, 2.45) is 0 Å². The molecule has 51 heavy (non-hydrogen) atoms. The molecule has 0 saturated heterocycles. The zero-order valence-corrected chi connectivity index (χ0v) is 29.9. The van der Waals surface area contributed by atoms with Gasteiger partial charge in [0, 0.05) is 39.7 Å². The highest BCUT2D eigenvalue weighted by atomic mass is 15.2. The predicted octanol–water partition coefficient (Wildman–Crippen LogP) is 14.3. The number of anilines is 8. The molecule has 0 aliphatic heterocycles. The van der Waals surface area contributed by atoms with Gasteiger partial charge in [0.1, 0.15) is 0 Å². The normalized spacial score (nSPS) is 11.1. The number of rotatable bonds is 11. The van der Waals surface area contributed by atoms with E-state index in [1.807, 2.05) is 0 Å². The van der Waals surface area contributed by atoms with E-state index in [1.165, 1.54) is 28.1 Å². The van der Waals surface area contributed by atoms with Crippen LogP contribution in [0.4, 0.5) is 45.5 Å². The van der Waals surface area contributed by atoms with Crippen molar-refractivity contribution in [3.63, 3.8) is 0 Å². The van der Waals surface area contributed by atoms with Crippen LogP contribution in [-0.2, 0) is 0 Å². The molecular weight excluding hydrogens is 619 g/mol. The van der Waals surface area contributed by atoms with Crippen molar-refractivity contribution >= 4 is 45.5 Å². The van der Waals surface area contributed by atoms with Gasteiger partial charge < -0.3 is 15.1 Å². The summed E-state index contributed by atoms with van der Waals surface area (Å²) in [6, 6.07) is 65.0. The van der Waals surface area contributed by atoms with Crippen LogP contribution >= 0.6 is 0 Å². The predicted molar refractivity (Wildman–Crippen MR) is 219 cm³/mol. The quantitative estimate of drug-likeness (QED) is 0.149. The third kappa shape index (κ3) is 7.29. The maximum atomic E-state index is 3.89. The highest BCUT2D eigenvalue weighted by Crippen LogP contribution is 2.46. The molecule has 3 heteroatoms. The van der Waals surface area contributed by atoms with Gasteiger partial charge in [-0.1, -0.05) is 149 Å². The Morgan fingerprint density at radius 1 is 0.392 bits per heavy atom. The smallest absolute Gasteiger partial charge is 0.0503 e. The minimum Gasteiger partial charge on any atom is -0.355 e. The zero-order valence-electron chi connectivity index (χ0n) is 29.9. The minimum absolute atomic E-state index is 0.332. The lowest BCUT2D eigenvalue weighted by Gasteiger charge is -2.33. The summed E-state index contributed by atoms with van der Waals surface area (Å²) < 4.78 is 0. The second kappa shape index (κ2) is 15.2. The average Bonchev–Trinajstić information content (AvgIpc) is 3.17. The molecule has 7 aromatic rings. The molecule has 0 heterocycles. The summed E-state index contributed by atoms with van der Waals surface area (Å²) in [5, 5.41) is 3.89. The first kappa shape index (κ1) is 33.4. The fraction of sp³-hybridized carbons (Fsp3) is 0.125. The van der Waals surface area contributed by atoms with Crippen molar-refractivity contribution in [1.82, 2.24) is 0 Å². The maximum Gasteiger partial charge on any atom is 0.0503 e. The molecule has 0 aliphatic rings. The van der Waals surface area contributed by atoms with Crippen molar-refractivity contribution in [3.05, 3.63) is 193 Å². The summed E-state index contributed by atoms with van der Waals surface area (Å²) >= 11 is 0. The van der Waals surface area contributed by atoms with Crippen LogP contribution in [0.5, 0.6) is 0 Å². The maximum absolute atomic E-state index is 3.89. The van der Waals surface area contributed by atoms with Gasteiger partial charge in [-0.3, -0.25) is 0 Å². The summed E-state index contributed by atoms with van der Waals surface area (Å²) in [6.45, 7) is 9.12. The molecule has 0 spiro atoms. The van der Waals surface area contributed by atoms with Crippen molar-refractivity contribution in [3.8, 4) is 11.1 Å². The van der Waals surface area contributed by atoms with E-state index in [2.05, 4.69) is 225 Å². The van der Waals surface area contributed by atoms with Crippen LogP contribution in [0.3, 0.4) is 0 Å². The lowest BCUT2D eigenvalue weighted by molar-refractivity contribution is 0.854. The molecule has 0 amide bonds. The van der Waals surface area contributed by atoms with Crippen LogP contribution in [0.2, 0.25) is 0 Å². The highest BCUT2D eigenvalue weighted by molar-refractivity contribution is 5.89. The van der Waals surface area contributed by atoms with E-state index >= 15 is 0 Å². The first-order chi connectivity index (χ1) is 25.0. The third-order valence-corrected chi connectivity index (χ3v) is 9.34. The minimum atomic E-state index is 0.332. The van der Waals surface area contributed by atoms with Crippen LogP contribution in [0, 0.1) is 0 Å². The average molecular weight is 664 g/mol. The van der Waals surface area contributed by atoms with Crippen molar-refractivity contribution in [2.45, 2.75) is 39.5 Å². The number of hydrogen-bond acceptors (Lipinski definition) is 3. The van der Waals surface area contributed by atoms with E-state index in [0.29, 0.717) is 11.8 Å². The van der Waals surface area contributed by atoms with Gasteiger partial charge >= 0.3 is 0 Å². The second-order valence-corrected chi connectivity index (χ2v) is 13.5. The molecule has 3 nitrogen and oxygen atoms in total. The van der Waals surface area contributed by atoms with E-state index < -0.39 is 0 Å². The highest BCUT2D eigenvalue weighted by Gasteiger charge is 2.23. The Morgan fingerprint density at radius 2 is 0.824 bits per heavy atom. The Balaban J connectivity index is 1.50. The fourth-order valence-electron chi connectivity index (χ4n) is 6.91. The lowest BCUT2D eigenvalue weighted by Crippen LogP contribution is -2.17. The molecular formula is C48H45N3. The molecule has 1 N–H and O–H groups in total. The fourth-order valence-corrected chi connectivity index (χ4v) is 6.91. The van der Waals surface area contributed by atoms with Gasteiger partial charge in [0.25, 0.3) is 0 Å². The van der Waals surface area contributed by atoms with Crippen molar-refractivity contribution in [1.29, 1.82) is 0 Å². The molecule has 0 aromatic heterocycles. The van der Waals surface area contributed by atoms with Gasteiger partial charge in [-0.05, 0) is 89.2 Å². The summed E-state index contributed by atoms with van der Waals surface area (Å²) in [6.07, 6.45) is 0. The van der Waals surface area contributed by atoms with E-state index in [-0.39, 0.29) is 0 Å². The molecule has 0 fully saturated rings. The van der Waals surface area contributed by atoms with Gasteiger partial charge in [-0.25, -0.2) is 0 Å². The summed E-state index contributed by atoms with van der Waals surface area (Å²) in [5.41, 5.74) is 13.6. The largest absolute Gasteiger partial charge is 0.355 e. The first-order valence-corrected chi connectivity index (χ1v) is 17.9. The van der Waals surface area contributed by atoms with Gasteiger partial charge in [-0.2, -0.15) is 0 Å². The van der Waals surface area contributed by atoms with Crippen molar-refractivity contribution in [2.75, 3.05) is 15.1 Å². The Bertz CT molecular complexity index is 2100. The molecule has 0 aliphatic carbocycles. The molecule has 7 aromatic carbocycles. The molecule has 0 saturated carbocycles. The van der Waals surface area contributed by atoms with Crippen molar-refractivity contribution < 1.29 is 0 Å². The van der Waals surface area contributed by atoms with E-state index in [0.717, 1.165) is 39.7 Å². The van der Waals surface area contributed by atoms with Crippen LogP contribution in [0.1, 0.15) is 50.7 Å². The second-order valence-electron chi connectivity index (χ2n) is 13.5. The third-order valence-electron chi connectivity index (χ3n) is 9.34. The number of para-hydroxylation sites is 5. The first-order valence-electron chi connectivity index (χ1n) is 17.9. The molecule has 0 atom stereocenters. The van der Waals surface area contributed by atoms with E-state index in [1.54, 1.807) is 0 Å². The Hall–Kier alpha value is -6.06. The Morgan fingerprint density at radius 3 is 1.35 bits per heavy atom. The zero-order chi connectivity index (χ0) is 35.2. The van der Waals surface area contributed by atoms with Gasteiger partial charge in [0.15, 0.2) is 0 Å². The Labute approximate surface area is 303 Å². The summed E-state index contributed by atoms with van der Waals surface area (Å²) in [5.74, 6) is 0.664. The van der Waals surface area contributed by atoms with E-state index in [4.69, 9.17) is 0 Å².